The van der Waals surface area contributed by atoms with Gasteiger partial charge in [-0.3, -0.25) is 19.7 Å². The highest BCUT2D eigenvalue weighted by Gasteiger charge is 2.55. The van der Waals surface area contributed by atoms with E-state index in [9.17, 15) is 14.8 Å². The van der Waals surface area contributed by atoms with Gasteiger partial charge in [0.1, 0.15) is 6.04 Å². The zero-order valence-corrected chi connectivity index (χ0v) is 16.7. The zero-order valence-electron chi connectivity index (χ0n) is 16.7. The molecule has 0 bridgehead atoms. The fourth-order valence-electron chi connectivity index (χ4n) is 4.99. The van der Waals surface area contributed by atoms with Crippen LogP contribution in [0.1, 0.15) is 24.8 Å². The van der Waals surface area contributed by atoms with Crippen molar-refractivity contribution in [3.8, 4) is 0 Å². The van der Waals surface area contributed by atoms with Crippen molar-refractivity contribution in [3.05, 3.63) is 29.8 Å². The van der Waals surface area contributed by atoms with E-state index in [2.05, 4.69) is 36.1 Å². The first-order valence-electron chi connectivity index (χ1n) is 10.2. The van der Waals surface area contributed by atoms with Gasteiger partial charge in [-0.25, -0.2) is 5.48 Å². The smallest absolute Gasteiger partial charge is 0.248 e. The highest BCUT2D eigenvalue weighted by molar-refractivity contribution is 5.90. The third-order valence-electron chi connectivity index (χ3n) is 6.71. The third kappa shape index (κ3) is 3.61. The summed E-state index contributed by atoms with van der Waals surface area (Å²) < 4.78 is 0. The Balaban J connectivity index is 1.44. The van der Waals surface area contributed by atoms with Crippen LogP contribution in [0.2, 0.25) is 0 Å². The van der Waals surface area contributed by atoms with E-state index in [1.165, 1.54) is 11.3 Å². The van der Waals surface area contributed by atoms with Gasteiger partial charge in [0.25, 0.3) is 0 Å². The summed E-state index contributed by atoms with van der Waals surface area (Å²) in [5.41, 5.74) is 4.38. The number of likely N-dealkylation sites (tertiary alicyclic amines) is 1. The van der Waals surface area contributed by atoms with Gasteiger partial charge in [0.05, 0.1) is 5.92 Å². The lowest BCUT2D eigenvalue weighted by molar-refractivity contribution is -0.150. The van der Waals surface area contributed by atoms with E-state index < -0.39 is 17.9 Å². The normalized spacial score (nSPS) is 27.0. The Bertz CT molecular complexity index is 756. The lowest BCUT2D eigenvalue weighted by Gasteiger charge is -2.45. The van der Waals surface area contributed by atoms with Gasteiger partial charge >= 0.3 is 0 Å². The van der Waals surface area contributed by atoms with Crippen LogP contribution in [0.15, 0.2) is 24.3 Å². The predicted octanol–water partition coefficient (Wildman–Crippen LogP) is 1.25. The fraction of sp³-hybridized carbons (Fsp3) is 0.619. The molecule has 2 amide bonds. The summed E-state index contributed by atoms with van der Waals surface area (Å²) in [6.07, 6.45) is 2.88. The SMILES string of the molecule is Cc1cccc(N2CCN(C(=O)C3C(C(=O)NO)CC4(CC4)CN3C)CC2)c1. The number of amides is 2. The average molecular weight is 386 g/mol. The van der Waals surface area contributed by atoms with Crippen molar-refractivity contribution in [3.63, 3.8) is 0 Å². The average Bonchev–Trinajstić information content (AvgIpc) is 3.44. The second kappa shape index (κ2) is 7.37. The molecule has 2 saturated heterocycles. The lowest BCUT2D eigenvalue weighted by atomic mass is 9.80. The first-order valence-corrected chi connectivity index (χ1v) is 10.2. The van der Waals surface area contributed by atoms with Gasteiger partial charge in [-0.15, -0.1) is 0 Å². The van der Waals surface area contributed by atoms with Crippen molar-refractivity contribution in [2.75, 3.05) is 44.7 Å². The summed E-state index contributed by atoms with van der Waals surface area (Å²) in [5, 5.41) is 9.21. The molecule has 2 aliphatic heterocycles. The minimum Gasteiger partial charge on any atom is -0.368 e. The van der Waals surface area contributed by atoms with Gasteiger partial charge in [0.2, 0.25) is 11.8 Å². The van der Waals surface area contributed by atoms with Crippen LogP contribution in [0.5, 0.6) is 0 Å². The van der Waals surface area contributed by atoms with E-state index in [0.717, 1.165) is 32.5 Å². The lowest BCUT2D eigenvalue weighted by Crippen LogP contribution is -2.61. The first-order chi connectivity index (χ1) is 13.4. The molecule has 4 rings (SSSR count). The molecule has 2 unspecified atom stereocenters. The molecule has 2 N–H and O–H groups in total. The van der Waals surface area contributed by atoms with Crippen LogP contribution in [0.4, 0.5) is 5.69 Å². The van der Waals surface area contributed by atoms with Gasteiger partial charge < -0.3 is 9.80 Å². The quantitative estimate of drug-likeness (QED) is 0.604. The molecule has 1 aromatic carbocycles. The number of nitrogens with one attached hydrogen (secondary N) is 1. The topological polar surface area (TPSA) is 76.1 Å². The second-order valence-electron chi connectivity index (χ2n) is 8.80. The third-order valence-corrected chi connectivity index (χ3v) is 6.71. The molecule has 28 heavy (non-hydrogen) atoms. The molecule has 0 radical (unpaired) electrons. The van der Waals surface area contributed by atoms with E-state index in [-0.39, 0.29) is 11.3 Å². The summed E-state index contributed by atoms with van der Waals surface area (Å²) in [6.45, 7) is 5.80. The number of hydrogen-bond donors (Lipinski definition) is 2. The highest BCUT2D eigenvalue weighted by Crippen LogP contribution is 2.54. The van der Waals surface area contributed by atoms with Crippen LogP contribution in [0.3, 0.4) is 0 Å². The van der Waals surface area contributed by atoms with Crippen LogP contribution in [-0.4, -0.2) is 72.6 Å². The first kappa shape index (κ1) is 19.2. The number of aryl methyl sites for hydroxylation is 1. The highest BCUT2D eigenvalue weighted by atomic mass is 16.5. The van der Waals surface area contributed by atoms with E-state index in [4.69, 9.17) is 0 Å². The number of carbonyl (C=O) groups is 2. The molecule has 152 valence electrons. The minimum atomic E-state index is -0.496. The van der Waals surface area contributed by atoms with Crippen LogP contribution < -0.4 is 10.4 Å². The van der Waals surface area contributed by atoms with Gasteiger partial charge in [0.15, 0.2) is 0 Å². The van der Waals surface area contributed by atoms with E-state index in [1.54, 1.807) is 5.48 Å². The van der Waals surface area contributed by atoms with E-state index >= 15 is 0 Å². The number of hydrogen-bond acceptors (Lipinski definition) is 5. The second-order valence-corrected chi connectivity index (χ2v) is 8.80. The summed E-state index contributed by atoms with van der Waals surface area (Å²) >= 11 is 0. The predicted molar refractivity (Wildman–Crippen MR) is 106 cm³/mol. The van der Waals surface area contributed by atoms with Gasteiger partial charge in [-0.1, -0.05) is 12.1 Å². The molecule has 2 atom stereocenters. The maximum absolute atomic E-state index is 13.3. The van der Waals surface area contributed by atoms with Crippen LogP contribution in [0, 0.1) is 18.3 Å². The fourth-order valence-corrected chi connectivity index (χ4v) is 4.99. The molecule has 1 spiro atoms. The number of piperidine rings is 1. The Morgan fingerprint density at radius 2 is 1.89 bits per heavy atom. The molecule has 1 aliphatic carbocycles. The summed E-state index contributed by atoms with van der Waals surface area (Å²) in [4.78, 5) is 31.9. The zero-order chi connectivity index (χ0) is 19.9. The molecular weight excluding hydrogens is 356 g/mol. The molecule has 1 saturated carbocycles. The van der Waals surface area contributed by atoms with E-state index in [1.807, 2.05) is 16.8 Å². The van der Waals surface area contributed by atoms with Gasteiger partial charge in [0, 0.05) is 38.4 Å². The van der Waals surface area contributed by atoms with Crippen molar-refractivity contribution in [1.82, 2.24) is 15.3 Å². The number of likely N-dealkylation sites (N-methyl/N-ethyl adjacent to an activating group) is 1. The van der Waals surface area contributed by atoms with Crippen molar-refractivity contribution in [2.24, 2.45) is 11.3 Å². The number of rotatable bonds is 3. The number of nitrogens with zero attached hydrogens (tertiary/aromatic N) is 3. The number of piperazine rings is 1. The molecule has 3 fully saturated rings. The molecule has 1 aromatic rings. The Hall–Kier alpha value is -2.12. The molecule has 3 aliphatic rings. The number of anilines is 1. The summed E-state index contributed by atoms with van der Waals surface area (Å²) in [5.74, 6) is -0.918. The summed E-state index contributed by atoms with van der Waals surface area (Å²) in [7, 11) is 1.93. The van der Waals surface area contributed by atoms with Crippen LogP contribution in [-0.2, 0) is 9.59 Å². The Morgan fingerprint density at radius 1 is 1.18 bits per heavy atom. The van der Waals surface area contributed by atoms with Crippen molar-refractivity contribution in [2.45, 2.75) is 32.2 Å². The molecule has 2 heterocycles. The standard InChI is InChI=1S/C21H30N4O3/c1-15-4-3-5-16(12-15)24-8-10-25(11-9-24)20(27)18-17(19(26)22-28)13-21(6-7-21)14-23(18)2/h3-5,12,17-18,28H,6-11,13-14H2,1-2H3,(H,22,26). The number of benzene rings is 1. The Kier molecular flexibility index (Phi) is 5.05. The van der Waals surface area contributed by atoms with E-state index in [0.29, 0.717) is 19.5 Å². The number of carbonyl (C=O) groups excluding carboxylic acids is 2. The monoisotopic (exact) mass is 386 g/mol. The Morgan fingerprint density at radius 3 is 2.50 bits per heavy atom. The van der Waals surface area contributed by atoms with Crippen LogP contribution in [0.25, 0.3) is 0 Å². The van der Waals surface area contributed by atoms with Crippen molar-refractivity contribution < 1.29 is 14.8 Å². The Labute approximate surface area is 166 Å². The van der Waals surface area contributed by atoms with Crippen molar-refractivity contribution in [1.29, 1.82) is 0 Å². The van der Waals surface area contributed by atoms with Crippen LogP contribution >= 0.6 is 0 Å². The molecule has 0 aromatic heterocycles. The minimum absolute atomic E-state index is 0.00972. The maximum atomic E-state index is 13.3. The van der Waals surface area contributed by atoms with Gasteiger partial charge in [-0.05, 0) is 56.3 Å². The molecule has 7 heteroatoms. The maximum Gasteiger partial charge on any atom is 0.248 e. The molecular formula is C21H30N4O3. The summed E-state index contributed by atoms with van der Waals surface area (Å²) in [6, 6.07) is 7.93. The molecule has 7 nitrogen and oxygen atoms in total. The van der Waals surface area contributed by atoms with Gasteiger partial charge in [-0.2, -0.15) is 0 Å². The number of hydroxylamine groups is 1. The largest absolute Gasteiger partial charge is 0.368 e. The van der Waals surface area contributed by atoms with Crippen molar-refractivity contribution >= 4 is 17.5 Å².